The summed E-state index contributed by atoms with van der Waals surface area (Å²) < 4.78 is 55.1. The van der Waals surface area contributed by atoms with E-state index in [1.165, 1.54) is 0 Å². The summed E-state index contributed by atoms with van der Waals surface area (Å²) in [4.78, 5) is 18.1. The van der Waals surface area contributed by atoms with Crippen molar-refractivity contribution in [3.05, 3.63) is 58.5 Å². The minimum absolute atomic E-state index is 0.0857. The second-order valence-corrected chi connectivity index (χ2v) is 9.27. The molecule has 0 radical (unpaired) electrons. The minimum atomic E-state index is -4.27. The van der Waals surface area contributed by atoms with Crippen molar-refractivity contribution in [2.45, 2.75) is 48.9 Å². The highest BCUT2D eigenvalue weighted by Crippen LogP contribution is 2.60. The third-order valence-corrected chi connectivity index (χ3v) is 7.08. The first-order valence-corrected chi connectivity index (χ1v) is 10.7. The number of halogens is 5. The number of aromatic nitrogens is 3. The molecule has 0 saturated heterocycles. The average Bonchev–Trinajstić information content (AvgIpc) is 3.65. The van der Waals surface area contributed by atoms with Gasteiger partial charge in [-0.05, 0) is 54.4 Å². The van der Waals surface area contributed by atoms with Gasteiger partial charge in [-0.2, -0.15) is 13.9 Å². The molecule has 3 aromatic rings. The van der Waals surface area contributed by atoms with E-state index in [-0.39, 0.29) is 11.8 Å². The van der Waals surface area contributed by atoms with E-state index in [0.717, 1.165) is 22.4 Å². The third-order valence-electron chi connectivity index (χ3n) is 6.90. The largest absolute Gasteiger partial charge is 0.324 e. The quantitative estimate of drug-likeness (QED) is 0.503. The van der Waals surface area contributed by atoms with Gasteiger partial charge >= 0.3 is 12.3 Å². The van der Waals surface area contributed by atoms with Crippen LogP contribution in [0.4, 0.5) is 23.2 Å². The Kier molecular flexibility index (Phi) is 4.01. The number of imidazole rings is 1. The molecule has 166 valence electrons. The fraction of sp³-hybridized carbons (Fsp3) is 0.409. The predicted molar refractivity (Wildman–Crippen MR) is 109 cm³/mol. The molecule has 0 N–H and O–H groups in total. The van der Waals surface area contributed by atoms with E-state index in [0.29, 0.717) is 34.9 Å². The van der Waals surface area contributed by atoms with Gasteiger partial charge in [0.25, 0.3) is 0 Å². The van der Waals surface area contributed by atoms with Gasteiger partial charge in [0.15, 0.2) is 5.65 Å². The summed E-state index contributed by atoms with van der Waals surface area (Å²) in [5, 5.41) is 4.52. The van der Waals surface area contributed by atoms with Crippen LogP contribution >= 0.6 is 11.6 Å². The molecule has 2 aromatic heterocycles. The van der Waals surface area contributed by atoms with Crippen LogP contribution in [-0.2, 0) is 10.2 Å². The lowest BCUT2D eigenvalue weighted by Gasteiger charge is -2.24. The van der Waals surface area contributed by atoms with E-state index < -0.39 is 30.2 Å². The maximum Gasteiger partial charge on any atom is 0.324 e. The molecule has 2 aliphatic carbocycles. The Morgan fingerprint density at radius 2 is 2.00 bits per heavy atom. The van der Waals surface area contributed by atoms with Gasteiger partial charge in [-0.3, -0.25) is 4.79 Å². The molecular formula is C22H17ClF4N4O. The van der Waals surface area contributed by atoms with Crippen molar-refractivity contribution in [1.82, 2.24) is 14.6 Å². The van der Waals surface area contributed by atoms with Gasteiger partial charge in [0, 0.05) is 23.6 Å². The van der Waals surface area contributed by atoms with Gasteiger partial charge < -0.3 is 4.90 Å². The molecule has 6 rings (SSSR count). The number of benzene rings is 1. The fourth-order valence-electron chi connectivity index (χ4n) is 5.02. The number of carbonyl (C=O) groups excluding carboxylic acids is 1. The summed E-state index contributed by atoms with van der Waals surface area (Å²) in [5.41, 5.74) is 2.69. The molecule has 1 unspecified atom stereocenters. The van der Waals surface area contributed by atoms with Gasteiger partial charge in [0.2, 0.25) is 5.91 Å². The molecule has 10 heteroatoms. The maximum atomic E-state index is 13.9. The van der Waals surface area contributed by atoms with E-state index in [9.17, 15) is 22.4 Å². The normalized spacial score (nSPS) is 23.4. The number of fused-ring (bicyclic) bond motifs is 3. The van der Waals surface area contributed by atoms with E-state index in [4.69, 9.17) is 11.6 Å². The lowest BCUT2D eigenvalue weighted by atomic mass is 9.95. The summed E-state index contributed by atoms with van der Waals surface area (Å²) in [7, 11) is 0. The Hall–Kier alpha value is -2.68. The smallest absolute Gasteiger partial charge is 0.305 e. The lowest BCUT2D eigenvalue weighted by molar-refractivity contribution is -0.131. The molecule has 32 heavy (non-hydrogen) atoms. The topological polar surface area (TPSA) is 50.5 Å². The van der Waals surface area contributed by atoms with Crippen molar-refractivity contribution < 1.29 is 22.4 Å². The van der Waals surface area contributed by atoms with Crippen LogP contribution in [0.1, 0.15) is 47.8 Å². The van der Waals surface area contributed by atoms with E-state index in [2.05, 4.69) is 10.1 Å². The van der Waals surface area contributed by atoms with Gasteiger partial charge in [-0.1, -0.05) is 23.7 Å². The molecule has 1 amide bonds. The zero-order valence-corrected chi connectivity index (χ0v) is 17.4. The van der Waals surface area contributed by atoms with Crippen molar-refractivity contribution in [2.24, 2.45) is 0 Å². The van der Waals surface area contributed by atoms with Crippen molar-refractivity contribution in [1.29, 1.82) is 0 Å². The van der Waals surface area contributed by atoms with Gasteiger partial charge in [-0.15, -0.1) is 0 Å². The summed E-state index contributed by atoms with van der Waals surface area (Å²) in [6, 6.07) is 7.21. The first-order chi connectivity index (χ1) is 15.2. The highest BCUT2D eigenvalue weighted by Gasteiger charge is 2.61. The Bertz CT molecular complexity index is 1270. The number of anilines is 1. The molecule has 2 atom stereocenters. The van der Waals surface area contributed by atoms with Crippen LogP contribution in [0.15, 0.2) is 36.7 Å². The summed E-state index contributed by atoms with van der Waals surface area (Å²) in [5.74, 6) is -4.58. The fourth-order valence-corrected chi connectivity index (χ4v) is 5.22. The zero-order chi connectivity index (χ0) is 22.4. The molecule has 1 aromatic carbocycles. The first kappa shape index (κ1) is 20.0. The van der Waals surface area contributed by atoms with Crippen LogP contribution in [-0.4, -0.2) is 39.4 Å². The molecule has 1 spiro atoms. The Morgan fingerprint density at radius 1 is 1.22 bits per heavy atom. The maximum absolute atomic E-state index is 13.9. The predicted octanol–water partition coefficient (Wildman–Crippen LogP) is 4.93. The molecular weight excluding hydrogens is 448 g/mol. The van der Waals surface area contributed by atoms with E-state index in [1.807, 2.05) is 6.07 Å². The van der Waals surface area contributed by atoms with E-state index in [1.54, 1.807) is 35.1 Å². The summed E-state index contributed by atoms with van der Waals surface area (Å²) in [6.07, 6.45) is 1.41. The van der Waals surface area contributed by atoms with Crippen LogP contribution in [0.2, 0.25) is 5.15 Å². The molecule has 3 aliphatic rings. The number of nitrogens with zero attached hydrogens (tertiary/aromatic N) is 4. The average molecular weight is 465 g/mol. The third kappa shape index (κ3) is 2.79. The highest BCUT2D eigenvalue weighted by molar-refractivity contribution is 6.29. The second-order valence-electron chi connectivity index (χ2n) is 8.88. The van der Waals surface area contributed by atoms with Crippen LogP contribution in [0.3, 0.4) is 0 Å². The van der Waals surface area contributed by atoms with Crippen molar-refractivity contribution in [2.75, 3.05) is 11.4 Å². The number of rotatable bonds is 5. The minimum Gasteiger partial charge on any atom is -0.305 e. The van der Waals surface area contributed by atoms with Crippen LogP contribution in [0, 0.1) is 0 Å². The number of hydrogen-bond acceptors (Lipinski definition) is 3. The number of amides is 1. The summed E-state index contributed by atoms with van der Waals surface area (Å²) >= 11 is 6.15. The van der Waals surface area contributed by atoms with Crippen molar-refractivity contribution in [3.63, 3.8) is 0 Å². The van der Waals surface area contributed by atoms with Crippen LogP contribution in [0.25, 0.3) is 5.65 Å². The van der Waals surface area contributed by atoms with Gasteiger partial charge in [-0.25, -0.2) is 18.3 Å². The molecule has 5 nitrogen and oxygen atoms in total. The highest BCUT2D eigenvalue weighted by atomic mass is 35.5. The monoisotopic (exact) mass is 464 g/mol. The van der Waals surface area contributed by atoms with E-state index >= 15 is 0 Å². The van der Waals surface area contributed by atoms with Crippen LogP contribution in [0.5, 0.6) is 0 Å². The molecule has 0 bridgehead atoms. The van der Waals surface area contributed by atoms with Gasteiger partial charge in [0.1, 0.15) is 5.15 Å². The van der Waals surface area contributed by atoms with Crippen molar-refractivity contribution in [3.8, 4) is 0 Å². The number of carbonyl (C=O) groups is 1. The van der Waals surface area contributed by atoms with Gasteiger partial charge in [0.05, 0.1) is 12.0 Å². The Morgan fingerprint density at radius 3 is 2.72 bits per heavy atom. The summed E-state index contributed by atoms with van der Waals surface area (Å²) in [6.45, 7) is -1.32. The van der Waals surface area contributed by atoms with Crippen LogP contribution < -0.4 is 4.90 Å². The number of hydrogen-bond donors (Lipinski definition) is 0. The molecule has 2 saturated carbocycles. The zero-order valence-electron chi connectivity index (χ0n) is 16.6. The number of alkyl halides is 4. The second kappa shape index (κ2) is 6.43. The van der Waals surface area contributed by atoms with Crippen molar-refractivity contribution >= 4 is 28.8 Å². The first-order valence-electron chi connectivity index (χ1n) is 10.3. The molecule has 2 fully saturated rings. The SMILES string of the molecule is O=C1N(CC(F)(F)C(F)F)c2cc([C@H]3CC3c3cc(Cl)nn4ccnc34)ccc2C12CC2. The standard InChI is InChI=1S/C22H17ClF4N4O/c23-17-9-14(18-28-5-6-31(18)29-17)13-8-12(13)11-1-2-15-16(7-11)30(10-22(26,27)19(24)25)20(32)21(15)3-4-21/h1-2,5-7,9,12-13,19H,3-4,8,10H2/t12-,13?/m1/s1. The Balaban J connectivity index is 1.35. The lowest BCUT2D eigenvalue weighted by Crippen LogP contribution is -2.44. The molecule has 3 heterocycles. The Labute approximate surface area is 185 Å². The molecule has 1 aliphatic heterocycles.